The molecular formula is C41H30O6. The minimum absolute atomic E-state index is 0.0723. The van der Waals surface area contributed by atoms with E-state index in [0.29, 0.717) is 34.1 Å². The van der Waals surface area contributed by atoms with Gasteiger partial charge in [-0.3, -0.25) is 9.59 Å². The molecule has 6 aromatic rings. The van der Waals surface area contributed by atoms with Gasteiger partial charge in [0.05, 0.1) is 14.2 Å². The number of hydrogen-bond acceptors (Lipinski definition) is 6. The first-order chi connectivity index (χ1) is 23.0. The lowest BCUT2D eigenvalue weighted by Gasteiger charge is -2.15. The number of allylic oxidation sites excluding steroid dienone is 2. The predicted molar refractivity (Wildman–Crippen MR) is 186 cm³/mol. The zero-order chi connectivity index (χ0) is 32.3. The van der Waals surface area contributed by atoms with Gasteiger partial charge in [-0.15, -0.1) is 0 Å². The van der Waals surface area contributed by atoms with Crippen molar-refractivity contribution in [1.82, 2.24) is 0 Å². The molecule has 0 radical (unpaired) electrons. The van der Waals surface area contributed by atoms with Crippen LogP contribution < -0.4 is 18.9 Å². The molecule has 0 bridgehead atoms. The molecule has 0 aromatic heterocycles. The lowest BCUT2D eigenvalue weighted by atomic mass is 9.90. The summed E-state index contributed by atoms with van der Waals surface area (Å²) in [5.74, 6) is 2.61. The Morgan fingerprint density at radius 2 is 0.957 bits per heavy atom. The van der Waals surface area contributed by atoms with Crippen LogP contribution in [0.15, 0.2) is 121 Å². The maximum Gasteiger partial charge on any atom is 0.230 e. The summed E-state index contributed by atoms with van der Waals surface area (Å²) in [5, 5.41) is 3.99. The fraction of sp³-hybridized carbons (Fsp3) is 0.0732. The highest BCUT2D eigenvalue weighted by Crippen LogP contribution is 2.47. The van der Waals surface area contributed by atoms with Crippen molar-refractivity contribution in [2.75, 3.05) is 21.0 Å². The number of methoxy groups -OCH3 is 2. The Morgan fingerprint density at radius 3 is 1.36 bits per heavy atom. The van der Waals surface area contributed by atoms with Crippen LogP contribution in [0.5, 0.6) is 23.0 Å². The molecule has 0 spiro atoms. The Hall–Kier alpha value is -6.14. The van der Waals surface area contributed by atoms with Gasteiger partial charge in [0.1, 0.15) is 23.0 Å². The van der Waals surface area contributed by atoms with Crippen molar-refractivity contribution in [3.63, 3.8) is 0 Å². The largest absolute Gasteiger partial charge is 0.497 e. The Labute approximate surface area is 272 Å². The van der Waals surface area contributed by atoms with Crippen molar-refractivity contribution in [2.24, 2.45) is 0 Å². The van der Waals surface area contributed by atoms with Crippen LogP contribution in [0, 0.1) is 0 Å². The van der Waals surface area contributed by atoms with E-state index < -0.39 is 0 Å². The smallest absolute Gasteiger partial charge is 0.230 e. The minimum Gasteiger partial charge on any atom is -0.497 e. The van der Waals surface area contributed by atoms with E-state index >= 15 is 0 Å². The molecule has 1 aliphatic heterocycles. The molecule has 0 saturated carbocycles. The van der Waals surface area contributed by atoms with E-state index in [9.17, 15) is 9.59 Å². The second-order valence-electron chi connectivity index (χ2n) is 11.1. The van der Waals surface area contributed by atoms with Gasteiger partial charge in [0.2, 0.25) is 6.79 Å². The van der Waals surface area contributed by atoms with Gasteiger partial charge in [-0.1, -0.05) is 48.6 Å². The van der Waals surface area contributed by atoms with Crippen molar-refractivity contribution < 1.29 is 28.5 Å². The zero-order valence-electron chi connectivity index (χ0n) is 25.9. The van der Waals surface area contributed by atoms with Gasteiger partial charge < -0.3 is 18.9 Å². The van der Waals surface area contributed by atoms with Crippen molar-refractivity contribution in [3.8, 4) is 34.1 Å². The summed E-state index contributed by atoms with van der Waals surface area (Å²) >= 11 is 0. The number of rotatable bonds is 8. The van der Waals surface area contributed by atoms with Crippen LogP contribution in [0.3, 0.4) is 0 Å². The van der Waals surface area contributed by atoms with Gasteiger partial charge in [-0.25, -0.2) is 0 Å². The average molecular weight is 619 g/mol. The average Bonchev–Trinajstić information content (AvgIpc) is 3.32. The van der Waals surface area contributed by atoms with E-state index in [4.69, 9.17) is 18.9 Å². The Kier molecular flexibility index (Phi) is 7.99. The molecule has 0 atom stereocenters. The first kappa shape index (κ1) is 29.6. The van der Waals surface area contributed by atoms with Crippen molar-refractivity contribution >= 4 is 45.3 Å². The molecule has 0 unspecified atom stereocenters. The van der Waals surface area contributed by atoms with Crippen molar-refractivity contribution in [2.45, 2.75) is 0 Å². The summed E-state index contributed by atoms with van der Waals surface area (Å²) in [4.78, 5) is 25.8. The van der Waals surface area contributed by atoms with Gasteiger partial charge in [-0.2, -0.15) is 0 Å². The first-order valence-corrected chi connectivity index (χ1v) is 15.1. The molecule has 0 fully saturated rings. The molecule has 47 heavy (non-hydrogen) atoms. The third-order valence-electron chi connectivity index (χ3n) is 8.30. The lowest BCUT2D eigenvalue weighted by Crippen LogP contribution is -2.03. The summed E-state index contributed by atoms with van der Waals surface area (Å²) in [6.07, 6.45) is 6.82. The van der Waals surface area contributed by atoms with Crippen LogP contribution in [0.25, 0.3) is 44.8 Å². The molecule has 1 heterocycles. The highest BCUT2D eigenvalue weighted by atomic mass is 16.7. The fourth-order valence-corrected chi connectivity index (χ4v) is 5.80. The van der Waals surface area contributed by atoms with Crippen molar-refractivity contribution in [1.29, 1.82) is 0 Å². The molecular weight excluding hydrogens is 588 g/mol. The standard InChI is InChI=1S/C41H30O6/c1-44-32-15-9-30(10-16-32)36(42)19-5-26-3-7-28-13-21-38-40(34(28)23-26)41-35-24-27(4-8-29(35)14-22-39(41)47-25-46-38)6-20-37(43)31-11-17-33(45-2)18-12-31/h3-24H,25H2,1-2H3/b19-5-,20-6-. The molecule has 0 N–H and O–H groups in total. The maximum absolute atomic E-state index is 12.9. The fourth-order valence-electron chi connectivity index (χ4n) is 5.80. The third kappa shape index (κ3) is 5.97. The maximum atomic E-state index is 12.9. The normalized spacial score (nSPS) is 12.3. The number of hydrogen-bond donors (Lipinski definition) is 0. The predicted octanol–water partition coefficient (Wildman–Crippen LogP) is 9.20. The molecule has 7 rings (SSSR count). The number of carbonyl (C=O) groups excluding carboxylic acids is 2. The van der Waals surface area contributed by atoms with Crippen LogP contribution in [0.4, 0.5) is 0 Å². The molecule has 0 aliphatic carbocycles. The molecule has 6 aromatic carbocycles. The second kappa shape index (κ2) is 12.7. The van der Waals surface area contributed by atoms with Crippen LogP contribution in [-0.4, -0.2) is 32.6 Å². The van der Waals surface area contributed by atoms with E-state index in [0.717, 1.165) is 43.8 Å². The number of ether oxygens (including phenoxy) is 4. The molecule has 6 heteroatoms. The third-order valence-corrected chi connectivity index (χ3v) is 8.30. The quantitative estimate of drug-likeness (QED) is 0.125. The number of benzene rings is 6. The summed E-state index contributed by atoms with van der Waals surface area (Å²) in [6, 6.07) is 34.3. The SMILES string of the molecule is COc1ccc(C(=O)/C=C\c2ccc3ccc4c(c3c2)-c2c(ccc3ccc(/C=C\C(=O)c5ccc(OC)cc5)cc23)OCO4)cc1. The van der Waals surface area contributed by atoms with Crippen molar-refractivity contribution in [3.05, 3.63) is 144 Å². The highest BCUT2D eigenvalue weighted by Gasteiger charge is 2.22. The summed E-state index contributed by atoms with van der Waals surface area (Å²) in [5.41, 5.74) is 4.73. The van der Waals surface area contributed by atoms with Crippen LogP contribution in [-0.2, 0) is 0 Å². The van der Waals surface area contributed by atoms with Gasteiger partial charge in [0.15, 0.2) is 11.6 Å². The summed E-state index contributed by atoms with van der Waals surface area (Å²) < 4.78 is 22.6. The van der Waals surface area contributed by atoms with E-state index in [2.05, 4.69) is 12.1 Å². The number of carbonyl (C=O) groups is 2. The van der Waals surface area contributed by atoms with E-state index in [-0.39, 0.29) is 18.4 Å². The second-order valence-corrected chi connectivity index (χ2v) is 11.1. The van der Waals surface area contributed by atoms with E-state index in [1.165, 1.54) is 0 Å². The number of fused-ring (bicyclic) bond motifs is 7. The van der Waals surface area contributed by atoms with E-state index in [1.807, 2.05) is 60.7 Å². The summed E-state index contributed by atoms with van der Waals surface area (Å²) in [6.45, 7) is 0.0723. The molecule has 6 nitrogen and oxygen atoms in total. The first-order valence-electron chi connectivity index (χ1n) is 15.1. The molecule has 230 valence electrons. The van der Waals surface area contributed by atoms with Crippen LogP contribution >= 0.6 is 0 Å². The lowest BCUT2D eigenvalue weighted by molar-refractivity contribution is 0.103. The minimum atomic E-state index is -0.0984. The summed E-state index contributed by atoms with van der Waals surface area (Å²) in [7, 11) is 3.19. The van der Waals surface area contributed by atoms with Gasteiger partial charge in [0.25, 0.3) is 0 Å². The van der Waals surface area contributed by atoms with Gasteiger partial charge in [-0.05, 0) is 118 Å². The Balaban J connectivity index is 1.28. The van der Waals surface area contributed by atoms with Gasteiger partial charge in [0, 0.05) is 22.3 Å². The van der Waals surface area contributed by atoms with E-state index in [1.54, 1.807) is 74.9 Å². The highest BCUT2D eigenvalue weighted by molar-refractivity contribution is 6.12. The van der Waals surface area contributed by atoms with Gasteiger partial charge >= 0.3 is 0 Å². The van der Waals surface area contributed by atoms with Crippen LogP contribution in [0.2, 0.25) is 0 Å². The molecule has 0 saturated heterocycles. The molecule has 1 aliphatic rings. The Morgan fingerprint density at radius 1 is 0.553 bits per heavy atom. The topological polar surface area (TPSA) is 71.1 Å². The van der Waals surface area contributed by atoms with Crippen LogP contribution in [0.1, 0.15) is 31.8 Å². The monoisotopic (exact) mass is 618 g/mol. The number of ketones is 2. The zero-order valence-corrected chi connectivity index (χ0v) is 25.9. The molecule has 0 amide bonds. The Bertz CT molecular complexity index is 2050.